The Morgan fingerprint density at radius 2 is 1.50 bits per heavy atom. The lowest BCUT2D eigenvalue weighted by Gasteiger charge is -2.37. The summed E-state index contributed by atoms with van der Waals surface area (Å²) in [5.74, 6) is 0.311. The van der Waals surface area contributed by atoms with Crippen LogP contribution in [-0.4, -0.2) is 40.8 Å². The fourth-order valence-corrected chi connectivity index (χ4v) is 2.94. The van der Waals surface area contributed by atoms with E-state index in [0.29, 0.717) is 5.95 Å². The molecular weight excluding hydrogens is 276 g/mol. The minimum Gasteiger partial charge on any atom is -0.368 e. The van der Waals surface area contributed by atoms with Crippen molar-refractivity contribution < 1.29 is 0 Å². The molecule has 1 fully saturated rings. The van der Waals surface area contributed by atoms with Gasteiger partial charge in [0.2, 0.25) is 5.95 Å². The molecule has 2 aromatic heterocycles. The Balaban J connectivity index is 1.50. The molecule has 112 valence electrons. The average Bonchev–Trinajstić information content (AvgIpc) is 2.95. The van der Waals surface area contributed by atoms with E-state index >= 15 is 0 Å². The number of nitrogens with two attached hydrogens (primary N) is 1. The van der Waals surface area contributed by atoms with Crippen molar-refractivity contribution >= 4 is 23.0 Å². The maximum absolute atomic E-state index is 5.64. The monoisotopic (exact) mass is 294 g/mol. The second-order valence-corrected chi connectivity index (χ2v) is 5.47. The van der Waals surface area contributed by atoms with Crippen molar-refractivity contribution in [2.45, 2.75) is 0 Å². The van der Waals surface area contributed by atoms with Crippen LogP contribution in [0.1, 0.15) is 0 Å². The highest BCUT2D eigenvalue weighted by Gasteiger charge is 2.18. The van der Waals surface area contributed by atoms with E-state index in [1.165, 1.54) is 5.69 Å². The van der Waals surface area contributed by atoms with Crippen LogP contribution in [0.15, 0.2) is 48.7 Å². The fourth-order valence-electron chi connectivity index (χ4n) is 2.94. The molecule has 0 spiro atoms. The van der Waals surface area contributed by atoms with E-state index in [4.69, 9.17) is 5.73 Å². The maximum Gasteiger partial charge on any atom is 0.240 e. The lowest BCUT2D eigenvalue weighted by molar-refractivity contribution is 0.652. The summed E-state index contributed by atoms with van der Waals surface area (Å²) in [7, 11) is 0. The van der Waals surface area contributed by atoms with Gasteiger partial charge >= 0.3 is 0 Å². The number of nitrogens with zero attached hydrogens (tertiary/aromatic N) is 5. The first-order chi connectivity index (χ1) is 10.8. The van der Waals surface area contributed by atoms with Crippen LogP contribution in [-0.2, 0) is 0 Å². The molecule has 3 aromatic rings. The smallest absolute Gasteiger partial charge is 0.240 e. The predicted octanol–water partition coefficient (Wildman–Crippen LogP) is 1.64. The molecule has 0 saturated carbocycles. The predicted molar refractivity (Wildman–Crippen MR) is 88.3 cm³/mol. The van der Waals surface area contributed by atoms with E-state index in [2.05, 4.69) is 56.3 Å². The van der Waals surface area contributed by atoms with Gasteiger partial charge in [0.1, 0.15) is 0 Å². The van der Waals surface area contributed by atoms with E-state index in [1.54, 1.807) is 4.52 Å². The molecule has 0 bridgehead atoms. The third-order valence-corrected chi connectivity index (χ3v) is 4.10. The van der Waals surface area contributed by atoms with E-state index < -0.39 is 0 Å². The first kappa shape index (κ1) is 12.9. The minimum atomic E-state index is 0.311. The largest absolute Gasteiger partial charge is 0.368 e. The Morgan fingerprint density at radius 1 is 0.818 bits per heavy atom. The van der Waals surface area contributed by atoms with Gasteiger partial charge in [0.05, 0.1) is 11.9 Å². The molecule has 6 heteroatoms. The van der Waals surface area contributed by atoms with Crippen LogP contribution in [0.3, 0.4) is 0 Å². The van der Waals surface area contributed by atoms with Crippen molar-refractivity contribution in [1.29, 1.82) is 0 Å². The van der Waals surface area contributed by atoms with Crippen molar-refractivity contribution in [2.24, 2.45) is 0 Å². The van der Waals surface area contributed by atoms with Gasteiger partial charge in [0, 0.05) is 31.9 Å². The summed E-state index contributed by atoms with van der Waals surface area (Å²) in [5.41, 5.74) is 8.87. The second kappa shape index (κ2) is 5.22. The van der Waals surface area contributed by atoms with Crippen molar-refractivity contribution in [3.8, 4) is 0 Å². The fraction of sp³-hybridized carbons (Fsp3) is 0.250. The Kier molecular flexibility index (Phi) is 3.07. The number of hydrogen-bond donors (Lipinski definition) is 1. The molecule has 1 aromatic carbocycles. The molecule has 1 aliphatic heterocycles. The highest BCUT2D eigenvalue weighted by Crippen LogP contribution is 2.20. The summed E-state index contributed by atoms with van der Waals surface area (Å²) in [4.78, 5) is 8.94. The molecule has 22 heavy (non-hydrogen) atoms. The van der Waals surface area contributed by atoms with Crippen LogP contribution in [0, 0.1) is 0 Å². The zero-order valence-electron chi connectivity index (χ0n) is 12.3. The Bertz CT molecular complexity index is 774. The summed E-state index contributed by atoms with van der Waals surface area (Å²) < 4.78 is 1.74. The standard InChI is InChI=1S/C16H18N6/c17-16-18-15-7-6-14(12-22(15)19-16)21-10-8-20(9-11-21)13-4-2-1-3-5-13/h1-7,12H,8-11H2,(H2,17,19). The molecule has 2 N–H and O–H groups in total. The van der Waals surface area contributed by atoms with E-state index in [9.17, 15) is 0 Å². The third kappa shape index (κ3) is 2.32. The highest BCUT2D eigenvalue weighted by molar-refractivity contribution is 5.54. The molecule has 0 aliphatic carbocycles. The Hall–Kier alpha value is -2.76. The van der Waals surface area contributed by atoms with Gasteiger partial charge in [-0.15, -0.1) is 5.10 Å². The summed E-state index contributed by atoms with van der Waals surface area (Å²) in [6.45, 7) is 4.01. The number of hydrogen-bond acceptors (Lipinski definition) is 5. The van der Waals surface area contributed by atoms with Crippen LogP contribution in [0.5, 0.6) is 0 Å². The SMILES string of the molecule is Nc1nc2ccc(N3CCN(c4ccccc4)CC3)cn2n1. The molecule has 0 radical (unpaired) electrons. The number of fused-ring (bicyclic) bond motifs is 1. The number of nitrogen functional groups attached to an aromatic ring is 1. The number of rotatable bonds is 2. The van der Waals surface area contributed by atoms with Crippen molar-refractivity contribution in [2.75, 3.05) is 41.7 Å². The number of aromatic nitrogens is 3. The first-order valence-electron chi connectivity index (χ1n) is 7.46. The quantitative estimate of drug-likeness (QED) is 0.778. The molecular formula is C16H18N6. The van der Waals surface area contributed by atoms with E-state index in [0.717, 1.165) is 37.5 Å². The number of pyridine rings is 1. The molecule has 0 atom stereocenters. The van der Waals surface area contributed by atoms with Gasteiger partial charge in [0.15, 0.2) is 5.65 Å². The molecule has 0 unspecified atom stereocenters. The van der Waals surface area contributed by atoms with Gasteiger partial charge in [-0.25, -0.2) is 4.52 Å². The van der Waals surface area contributed by atoms with Crippen molar-refractivity contribution in [3.63, 3.8) is 0 Å². The summed E-state index contributed by atoms with van der Waals surface area (Å²) in [6, 6.07) is 14.6. The van der Waals surface area contributed by atoms with Crippen LogP contribution < -0.4 is 15.5 Å². The van der Waals surface area contributed by atoms with E-state index in [1.807, 2.05) is 12.3 Å². The number of anilines is 3. The number of piperazine rings is 1. The molecule has 6 nitrogen and oxygen atoms in total. The Labute approximate surface area is 128 Å². The number of benzene rings is 1. The van der Waals surface area contributed by atoms with Crippen LogP contribution in [0.25, 0.3) is 5.65 Å². The zero-order chi connectivity index (χ0) is 14.9. The molecule has 1 aliphatic rings. The lowest BCUT2D eigenvalue weighted by atomic mass is 10.2. The van der Waals surface area contributed by atoms with Gasteiger partial charge in [-0.2, -0.15) is 4.98 Å². The van der Waals surface area contributed by atoms with Crippen LogP contribution >= 0.6 is 0 Å². The van der Waals surface area contributed by atoms with Gasteiger partial charge in [-0.3, -0.25) is 0 Å². The third-order valence-electron chi connectivity index (χ3n) is 4.10. The van der Waals surface area contributed by atoms with Gasteiger partial charge in [-0.1, -0.05) is 18.2 Å². The molecule has 4 rings (SSSR count). The highest BCUT2D eigenvalue weighted by atomic mass is 15.3. The molecule has 0 amide bonds. The average molecular weight is 294 g/mol. The van der Waals surface area contributed by atoms with E-state index in [-0.39, 0.29) is 0 Å². The summed E-state index contributed by atoms with van der Waals surface area (Å²) in [5, 5.41) is 4.18. The molecule has 1 saturated heterocycles. The first-order valence-corrected chi connectivity index (χ1v) is 7.46. The normalized spacial score (nSPS) is 15.5. The minimum absolute atomic E-state index is 0.311. The van der Waals surface area contributed by atoms with Crippen LogP contribution in [0.4, 0.5) is 17.3 Å². The van der Waals surface area contributed by atoms with Crippen LogP contribution in [0.2, 0.25) is 0 Å². The molecule has 3 heterocycles. The maximum atomic E-state index is 5.64. The number of para-hydroxylation sites is 1. The van der Waals surface area contributed by atoms with Gasteiger partial charge in [-0.05, 0) is 24.3 Å². The van der Waals surface area contributed by atoms with Crippen molar-refractivity contribution in [1.82, 2.24) is 14.6 Å². The topological polar surface area (TPSA) is 62.7 Å². The lowest BCUT2D eigenvalue weighted by Crippen LogP contribution is -2.46. The summed E-state index contributed by atoms with van der Waals surface area (Å²) >= 11 is 0. The zero-order valence-corrected chi connectivity index (χ0v) is 12.3. The van der Waals surface area contributed by atoms with Gasteiger partial charge in [0.25, 0.3) is 0 Å². The second-order valence-electron chi connectivity index (χ2n) is 5.47. The van der Waals surface area contributed by atoms with Crippen molar-refractivity contribution in [3.05, 3.63) is 48.7 Å². The summed E-state index contributed by atoms with van der Waals surface area (Å²) in [6.07, 6.45) is 2.00. The van der Waals surface area contributed by atoms with Gasteiger partial charge < -0.3 is 15.5 Å². The Morgan fingerprint density at radius 3 is 2.23 bits per heavy atom.